The predicted octanol–water partition coefficient (Wildman–Crippen LogP) is 1.29. The van der Waals surface area contributed by atoms with E-state index >= 15 is 0 Å². The standard InChI is InChI=1S/C13H19N3O3/c1-17-8-9(18-2)7-16-10-5-4-6-11(19-3)12(10)15-13(16)14/h4-6,9H,7-8H2,1-3H3,(H2,14,15). The van der Waals surface area contributed by atoms with Crippen LogP contribution in [0.4, 0.5) is 5.95 Å². The van der Waals surface area contributed by atoms with Crippen LogP contribution in [0.25, 0.3) is 11.0 Å². The number of nitrogens with zero attached hydrogens (tertiary/aromatic N) is 2. The van der Waals surface area contributed by atoms with Gasteiger partial charge in [0.05, 0.1) is 31.9 Å². The zero-order chi connectivity index (χ0) is 13.8. The lowest BCUT2D eigenvalue weighted by molar-refractivity contribution is 0.0193. The number of nitrogen functional groups attached to an aromatic ring is 1. The first-order valence-corrected chi connectivity index (χ1v) is 6.01. The Balaban J connectivity index is 2.40. The molecule has 0 spiro atoms. The molecule has 6 nitrogen and oxygen atoms in total. The maximum Gasteiger partial charge on any atom is 0.201 e. The third-order valence-corrected chi connectivity index (χ3v) is 3.06. The van der Waals surface area contributed by atoms with Gasteiger partial charge in [0.15, 0.2) is 0 Å². The van der Waals surface area contributed by atoms with Gasteiger partial charge in [-0.2, -0.15) is 0 Å². The molecule has 1 aromatic carbocycles. The van der Waals surface area contributed by atoms with E-state index in [2.05, 4.69) is 4.98 Å². The van der Waals surface area contributed by atoms with Gasteiger partial charge in [-0.05, 0) is 12.1 Å². The van der Waals surface area contributed by atoms with E-state index < -0.39 is 0 Å². The van der Waals surface area contributed by atoms with Gasteiger partial charge in [0.2, 0.25) is 5.95 Å². The summed E-state index contributed by atoms with van der Waals surface area (Å²) in [5.41, 5.74) is 7.66. The number of hydrogen-bond acceptors (Lipinski definition) is 5. The molecule has 1 unspecified atom stereocenters. The Morgan fingerprint density at radius 3 is 2.74 bits per heavy atom. The molecule has 19 heavy (non-hydrogen) atoms. The van der Waals surface area contributed by atoms with Crippen molar-refractivity contribution in [1.82, 2.24) is 9.55 Å². The van der Waals surface area contributed by atoms with Crippen molar-refractivity contribution in [3.05, 3.63) is 18.2 Å². The summed E-state index contributed by atoms with van der Waals surface area (Å²) in [4.78, 5) is 4.35. The molecule has 0 aliphatic heterocycles. The molecule has 0 amide bonds. The Hall–Kier alpha value is -1.79. The zero-order valence-electron chi connectivity index (χ0n) is 11.4. The largest absolute Gasteiger partial charge is 0.494 e. The molecule has 0 saturated heterocycles. The highest BCUT2D eigenvalue weighted by Gasteiger charge is 2.16. The lowest BCUT2D eigenvalue weighted by atomic mass is 10.3. The van der Waals surface area contributed by atoms with Crippen molar-refractivity contribution in [1.29, 1.82) is 0 Å². The number of rotatable bonds is 6. The fourth-order valence-corrected chi connectivity index (χ4v) is 2.08. The predicted molar refractivity (Wildman–Crippen MR) is 73.4 cm³/mol. The van der Waals surface area contributed by atoms with Gasteiger partial charge in [-0.25, -0.2) is 4.98 Å². The van der Waals surface area contributed by atoms with Crippen LogP contribution in [0.3, 0.4) is 0 Å². The van der Waals surface area contributed by atoms with Gasteiger partial charge in [0, 0.05) is 14.2 Å². The van der Waals surface area contributed by atoms with Gasteiger partial charge in [0.25, 0.3) is 0 Å². The second kappa shape index (κ2) is 5.90. The number of aromatic nitrogens is 2. The fourth-order valence-electron chi connectivity index (χ4n) is 2.08. The molecule has 1 heterocycles. The SMILES string of the molecule is COCC(Cn1c(N)nc2c(OC)cccc21)OC. The Morgan fingerprint density at radius 1 is 1.32 bits per heavy atom. The molecule has 0 aliphatic carbocycles. The minimum Gasteiger partial charge on any atom is -0.494 e. The van der Waals surface area contributed by atoms with E-state index in [1.165, 1.54) is 0 Å². The van der Waals surface area contributed by atoms with E-state index in [0.717, 1.165) is 11.0 Å². The Bertz CT molecular complexity index is 553. The summed E-state index contributed by atoms with van der Waals surface area (Å²) in [5, 5.41) is 0. The first kappa shape index (κ1) is 13.6. The quantitative estimate of drug-likeness (QED) is 0.852. The lowest BCUT2D eigenvalue weighted by Crippen LogP contribution is -2.24. The molecule has 6 heteroatoms. The number of ether oxygens (including phenoxy) is 3. The van der Waals surface area contributed by atoms with Crippen molar-refractivity contribution in [2.45, 2.75) is 12.6 Å². The average molecular weight is 265 g/mol. The van der Waals surface area contributed by atoms with Gasteiger partial charge in [-0.15, -0.1) is 0 Å². The van der Waals surface area contributed by atoms with Crippen molar-refractivity contribution in [3.63, 3.8) is 0 Å². The van der Waals surface area contributed by atoms with Crippen molar-refractivity contribution in [2.24, 2.45) is 0 Å². The normalized spacial score (nSPS) is 12.8. The number of nitrogens with two attached hydrogens (primary N) is 1. The lowest BCUT2D eigenvalue weighted by Gasteiger charge is -2.16. The third kappa shape index (κ3) is 2.64. The van der Waals surface area contributed by atoms with Crippen LogP contribution < -0.4 is 10.5 Å². The summed E-state index contributed by atoms with van der Waals surface area (Å²) in [5.74, 6) is 1.15. The number of imidazole rings is 1. The van der Waals surface area contributed by atoms with E-state index in [9.17, 15) is 0 Å². The molecule has 1 atom stereocenters. The number of fused-ring (bicyclic) bond motifs is 1. The van der Waals surface area contributed by atoms with Gasteiger partial charge in [-0.3, -0.25) is 0 Å². The summed E-state index contributed by atoms with van der Waals surface area (Å²) in [6.45, 7) is 1.08. The number of hydrogen-bond donors (Lipinski definition) is 1. The maximum atomic E-state index is 5.98. The van der Waals surface area contributed by atoms with Crippen LogP contribution in [0.15, 0.2) is 18.2 Å². The molecule has 0 bridgehead atoms. The highest BCUT2D eigenvalue weighted by Crippen LogP contribution is 2.27. The highest BCUT2D eigenvalue weighted by atomic mass is 16.5. The Labute approximate surface area is 112 Å². The Kier molecular flexibility index (Phi) is 4.24. The topological polar surface area (TPSA) is 71.5 Å². The summed E-state index contributed by atoms with van der Waals surface area (Å²) in [6, 6.07) is 5.74. The van der Waals surface area contributed by atoms with Crippen molar-refractivity contribution in [3.8, 4) is 5.75 Å². The zero-order valence-corrected chi connectivity index (χ0v) is 11.4. The number of benzene rings is 1. The van der Waals surface area contributed by atoms with Gasteiger partial charge >= 0.3 is 0 Å². The third-order valence-electron chi connectivity index (χ3n) is 3.06. The molecule has 104 valence electrons. The Morgan fingerprint density at radius 2 is 2.11 bits per heavy atom. The molecule has 1 aromatic heterocycles. The van der Waals surface area contributed by atoms with Crippen LogP contribution in [0.1, 0.15) is 0 Å². The summed E-state index contributed by atoms with van der Waals surface area (Å²) < 4.78 is 17.7. The summed E-state index contributed by atoms with van der Waals surface area (Å²) in [7, 11) is 4.91. The molecule has 0 aliphatic rings. The van der Waals surface area contributed by atoms with Crippen molar-refractivity contribution < 1.29 is 14.2 Å². The van der Waals surface area contributed by atoms with Crippen molar-refractivity contribution >= 4 is 17.0 Å². The average Bonchev–Trinajstić information content (AvgIpc) is 2.74. The van der Waals surface area contributed by atoms with E-state index in [-0.39, 0.29) is 6.10 Å². The maximum absolute atomic E-state index is 5.98. The molecule has 2 N–H and O–H groups in total. The first-order valence-electron chi connectivity index (χ1n) is 6.01. The van der Waals surface area contributed by atoms with Crippen LogP contribution in [0.2, 0.25) is 0 Å². The first-order chi connectivity index (χ1) is 9.21. The molecule has 2 aromatic rings. The number of para-hydroxylation sites is 1. The number of anilines is 1. The van der Waals surface area contributed by atoms with Crippen LogP contribution in [-0.4, -0.2) is 43.6 Å². The number of methoxy groups -OCH3 is 3. The highest BCUT2D eigenvalue weighted by molar-refractivity contribution is 5.84. The van der Waals surface area contributed by atoms with Crippen LogP contribution in [0, 0.1) is 0 Å². The second-order valence-corrected chi connectivity index (χ2v) is 4.22. The van der Waals surface area contributed by atoms with E-state index in [0.29, 0.717) is 24.8 Å². The van der Waals surface area contributed by atoms with E-state index in [1.54, 1.807) is 21.3 Å². The fraction of sp³-hybridized carbons (Fsp3) is 0.462. The molecular weight excluding hydrogens is 246 g/mol. The molecular formula is C13H19N3O3. The smallest absolute Gasteiger partial charge is 0.201 e. The molecule has 0 radical (unpaired) electrons. The van der Waals surface area contributed by atoms with Gasteiger partial charge < -0.3 is 24.5 Å². The van der Waals surface area contributed by atoms with Crippen LogP contribution in [-0.2, 0) is 16.0 Å². The summed E-state index contributed by atoms with van der Waals surface area (Å²) in [6.07, 6.45) is -0.0732. The molecule has 0 saturated carbocycles. The van der Waals surface area contributed by atoms with Crippen molar-refractivity contribution in [2.75, 3.05) is 33.7 Å². The van der Waals surface area contributed by atoms with Gasteiger partial charge in [0.1, 0.15) is 11.3 Å². The second-order valence-electron chi connectivity index (χ2n) is 4.22. The molecule has 0 fully saturated rings. The monoisotopic (exact) mass is 265 g/mol. The van der Waals surface area contributed by atoms with E-state index in [1.807, 2.05) is 22.8 Å². The summed E-state index contributed by atoms with van der Waals surface area (Å²) >= 11 is 0. The minimum absolute atomic E-state index is 0.0732. The van der Waals surface area contributed by atoms with Gasteiger partial charge in [-0.1, -0.05) is 6.07 Å². The minimum atomic E-state index is -0.0732. The van der Waals surface area contributed by atoms with Crippen LogP contribution in [0.5, 0.6) is 5.75 Å². The van der Waals surface area contributed by atoms with E-state index in [4.69, 9.17) is 19.9 Å². The van der Waals surface area contributed by atoms with Crippen LogP contribution >= 0.6 is 0 Å². The molecule has 2 rings (SSSR count).